The normalized spacial score (nSPS) is 17.1. The number of hydrogen-bond acceptors (Lipinski definition) is 1. The van der Waals surface area contributed by atoms with Crippen molar-refractivity contribution in [1.29, 1.82) is 0 Å². The summed E-state index contributed by atoms with van der Waals surface area (Å²) >= 11 is 0. The zero-order chi connectivity index (χ0) is 9.54. The van der Waals surface area contributed by atoms with Crippen molar-refractivity contribution in [2.24, 2.45) is 0 Å². The van der Waals surface area contributed by atoms with Crippen molar-refractivity contribution in [2.45, 2.75) is 13.0 Å². The van der Waals surface area contributed by atoms with Crippen molar-refractivity contribution in [3.05, 3.63) is 35.5 Å². The molecule has 1 aromatic heterocycles. The molecule has 0 unspecified atom stereocenters. The summed E-state index contributed by atoms with van der Waals surface area (Å²) in [5.74, 6) is 0. The molecule has 0 spiro atoms. The molecule has 1 aromatic carbocycles. The molecule has 0 bridgehead atoms. The molecule has 0 aliphatic carbocycles. The fourth-order valence-corrected chi connectivity index (χ4v) is 2.04. The number of fused-ring (bicyclic) bond motifs is 3. The molecule has 2 N–H and O–H groups in total. The van der Waals surface area contributed by atoms with Gasteiger partial charge in [0.15, 0.2) is 1.41 Å². The van der Waals surface area contributed by atoms with Crippen molar-refractivity contribution in [3.63, 3.8) is 0 Å². The van der Waals surface area contributed by atoms with Crippen LogP contribution >= 0.6 is 0 Å². The van der Waals surface area contributed by atoms with Crippen molar-refractivity contribution >= 4 is 10.9 Å². The Hall–Kier alpha value is -1.28. The second kappa shape index (κ2) is 2.60. The summed E-state index contributed by atoms with van der Waals surface area (Å²) in [5.41, 5.74) is 3.51. The van der Waals surface area contributed by atoms with E-state index >= 15 is 0 Å². The van der Waals surface area contributed by atoms with E-state index in [-0.39, 0.29) is 0 Å². The van der Waals surface area contributed by atoms with E-state index in [2.05, 4.69) is 11.4 Å². The molecule has 0 atom stereocenters. The number of aromatic amines is 1. The van der Waals surface area contributed by atoms with Gasteiger partial charge in [0.25, 0.3) is 0 Å². The highest BCUT2D eigenvalue weighted by molar-refractivity contribution is 5.84. The quantitative estimate of drug-likeness (QED) is 0.626. The Bertz CT molecular complexity index is 487. The van der Waals surface area contributed by atoms with Crippen LogP contribution in [0.1, 0.15) is 11.3 Å². The molecule has 1 aliphatic heterocycles. The second-order valence-corrected chi connectivity index (χ2v) is 3.48. The lowest BCUT2D eigenvalue weighted by Crippen LogP contribution is -2.22. The van der Waals surface area contributed by atoms with Gasteiger partial charge in [-0.1, -0.05) is 18.2 Å². The van der Waals surface area contributed by atoms with Gasteiger partial charge in [0.05, 0.1) is 0 Å². The van der Waals surface area contributed by atoms with Crippen molar-refractivity contribution < 1.29 is 1.41 Å². The zero-order valence-electron chi connectivity index (χ0n) is 8.38. The van der Waals surface area contributed by atoms with Crippen LogP contribution in [0, 0.1) is 0 Å². The maximum absolute atomic E-state index is 7.97. The lowest BCUT2D eigenvalue weighted by atomic mass is 10.1. The Morgan fingerprint density at radius 3 is 3.23 bits per heavy atom. The molecule has 13 heavy (non-hydrogen) atoms. The predicted octanol–water partition coefficient (Wildman–Crippen LogP) is 1.81. The van der Waals surface area contributed by atoms with Crippen LogP contribution in [-0.2, 0) is 13.0 Å². The molecule has 2 heteroatoms. The maximum atomic E-state index is 7.97. The molecule has 0 saturated heterocycles. The maximum Gasteiger partial charge on any atom is 0.166 e. The van der Waals surface area contributed by atoms with Crippen molar-refractivity contribution in [2.75, 3.05) is 6.54 Å². The minimum absolute atomic E-state index is 0.827. The van der Waals surface area contributed by atoms with Crippen LogP contribution in [0.3, 0.4) is 0 Å². The van der Waals surface area contributed by atoms with Gasteiger partial charge in [-0.05, 0) is 24.6 Å². The summed E-state index contributed by atoms with van der Waals surface area (Å²) in [4.78, 5) is 1.57. The summed E-state index contributed by atoms with van der Waals surface area (Å²) in [5, 5.41) is 4.55. The number of nitrogens with one attached hydrogen (secondary N) is 2. The van der Waals surface area contributed by atoms with E-state index in [1.165, 1.54) is 10.9 Å². The molecular formula is C11H12N2. The molecule has 2 heterocycles. The van der Waals surface area contributed by atoms with Crippen LogP contribution in [0.2, 0.25) is 1.41 Å². The summed E-state index contributed by atoms with van der Waals surface area (Å²) in [6.07, 6.45) is 1.04. The van der Waals surface area contributed by atoms with Gasteiger partial charge in [0, 0.05) is 23.1 Å². The van der Waals surface area contributed by atoms with Crippen LogP contribution in [0.4, 0.5) is 0 Å². The summed E-state index contributed by atoms with van der Waals surface area (Å²) < 4.78 is 7.97. The highest BCUT2D eigenvalue weighted by Gasteiger charge is 2.13. The fourth-order valence-electron chi connectivity index (χ4n) is 2.04. The molecule has 0 radical (unpaired) electrons. The van der Waals surface area contributed by atoms with Crippen molar-refractivity contribution in [3.8, 4) is 0 Å². The van der Waals surface area contributed by atoms with Crippen LogP contribution in [0.25, 0.3) is 10.9 Å². The molecule has 2 aromatic rings. The number of H-pyrrole nitrogens is 1. The van der Waals surface area contributed by atoms with Crippen LogP contribution in [0.5, 0.6) is 0 Å². The molecule has 66 valence electrons. The van der Waals surface area contributed by atoms with Gasteiger partial charge in [0.1, 0.15) is 0 Å². The monoisotopic (exact) mass is 174 g/mol. The Morgan fingerprint density at radius 2 is 2.23 bits per heavy atom. The molecule has 0 saturated carbocycles. The number of benzene rings is 1. The lowest BCUT2D eigenvalue weighted by molar-refractivity contribution is 0.637. The fraction of sp³-hybridized carbons (Fsp3) is 0.273. The van der Waals surface area contributed by atoms with E-state index in [0.29, 0.717) is 0 Å². The van der Waals surface area contributed by atoms with E-state index < -0.39 is 0 Å². The minimum Gasteiger partial charge on any atom is -0.357 e. The first-order valence-corrected chi connectivity index (χ1v) is 4.69. The van der Waals surface area contributed by atoms with Gasteiger partial charge in [0.2, 0.25) is 0 Å². The number of para-hydroxylation sites is 1. The molecule has 1 aliphatic rings. The first-order valence-electron chi connectivity index (χ1n) is 5.14. The van der Waals surface area contributed by atoms with Crippen LogP contribution in [-0.4, -0.2) is 11.5 Å². The van der Waals surface area contributed by atoms with Crippen LogP contribution < -0.4 is 5.32 Å². The predicted molar refractivity (Wildman–Crippen MR) is 53.7 cm³/mol. The molecule has 0 fully saturated rings. The van der Waals surface area contributed by atoms with Gasteiger partial charge >= 0.3 is 0 Å². The van der Waals surface area contributed by atoms with E-state index in [1.54, 1.807) is 4.98 Å². The zero-order valence-corrected chi connectivity index (χ0v) is 7.38. The van der Waals surface area contributed by atoms with Crippen LogP contribution in [0.15, 0.2) is 24.3 Å². The average Bonchev–Trinajstić information content (AvgIpc) is 2.55. The van der Waals surface area contributed by atoms with Gasteiger partial charge in [-0.15, -0.1) is 0 Å². The molecule has 2 nitrogen and oxygen atoms in total. The Balaban J connectivity index is 2.41. The van der Waals surface area contributed by atoms with E-state index in [0.717, 1.165) is 30.7 Å². The Labute approximate surface area is 78.4 Å². The molecular weight excluding hydrogens is 160 g/mol. The number of rotatable bonds is 0. The van der Waals surface area contributed by atoms with E-state index in [1.807, 2.05) is 18.2 Å². The first kappa shape index (κ1) is 6.22. The number of aromatic nitrogens is 1. The van der Waals surface area contributed by atoms with Gasteiger partial charge in [-0.3, -0.25) is 0 Å². The number of hydrogen-bond donors (Lipinski definition) is 2. The van der Waals surface area contributed by atoms with Gasteiger partial charge < -0.3 is 10.3 Å². The molecule has 3 rings (SSSR count). The summed E-state index contributed by atoms with van der Waals surface area (Å²) in [6, 6.07) is 8.17. The topological polar surface area (TPSA) is 27.8 Å². The lowest BCUT2D eigenvalue weighted by Gasteiger charge is -2.12. The average molecular weight is 174 g/mol. The third kappa shape index (κ3) is 0.988. The smallest absolute Gasteiger partial charge is 0.166 e. The SMILES string of the molecule is [3H]n1c2c(c3ccccc31)CCNC2. The summed E-state index contributed by atoms with van der Waals surface area (Å²) in [6.45, 7) is 1.86. The van der Waals surface area contributed by atoms with Crippen molar-refractivity contribution in [1.82, 2.24) is 10.3 Å². The van der Waals surface area contributed by atoms with Gasteiger partial charge in [-0.2, -0.15) is 0 Å². The Kier molecular flexibility index (Phi) is 1.25. The highest BCUT2D eigenvalue weighted by Crippen LogP contribution is 2.24. The summed E-state index contributed by atoms with van der Waals surface area (Å²) in [7, 11) is 0. The first-order chi connectivity index (χ1) is 6.88. The van der Waals surface area contributed by atoms with E-state index in [9.17, 15) is 0 Å². The largest absolute Gasteiger partial charge is 0.357 e. The Morgan fingerprint density at radius 1 is 1.31 bits per heavy atom. The standard InChI is InChI=1S/C11H12N2/c1-2-4-10-8(3-1)9-5-6-12-7-11(9)13-10/h1-4,12-13H,5-7H2/i/hT. The second-order valence-electron chi connectivity index (χ2n) is 3.48. The highest BCUT2D eigenvalue weighted by atomic mass is 14.9. The third-order valence-electron chi connectivity index (χ3n) is 2.68. The minimum atomic E-state index is 0.827. The molecule has 0 amide bonds. The third-order valence-corrected chi connectivity index (χ3v) is 2.68. The van der Waals surface area contributed by atoms with E-state index in [4.69, 9.17) is 1.41 Å². The van der Waals surface area contributed by atoms with Gasteiger partial charge in [-0.25, -0.2) is 0 Å².